The molecule has 0 radical (unpaired) electrons. The molecule has 1 unspecified atom stereocenters. The third-order valence-electron chi connectivity index (χ3n) is 10.7. The zero-order chi connectivity index (χ0) is 42.6. The number of carbonyl (C=O) groups is 4. The van der Waals surface area contributed by atoms with Crippen LogP contribution in [0.5, 0.6) is 0 Å². The van der Waals surface area contributed by atoms with Gasteiger partial charge in [0.15, 0.2) is 12.3 Å². The van der Waals surface area contributed by atoms with Crippen molar-refractivity contribution in [2.24, 2.45) is 0 Å². The summed E-state index contributed by atoms with van der Waals surface area (Å²) in [6.45, 7) is 10.6. The van der Waals surface area contributed by atoms with E-state index < -0.39 is 57.2 Å². The minimum absolute atomic E-state index is 0. The molecule has 0 saturated heterocycles. The molecule has 0 aromatic heterocycles. The Labute approximate surface area is 451 Å². The van der Waals surface area contributed by atoms with Gasteiger partial charge in [0.25, 0.3) is 0 Å². The number of nitrogens with one attached hydrogen (secondary N) is 1. The maximum Gasteiger partial charge on any atom is 1.00 e. The number of hydrogen-bond acceptors (Lipinski definition) is 11. The average Bonchev–Trinajstić information content (AvgIpc) is 3.49. The number of hydrogen-bond donors (Lipinski definition) is 1. The van der Waals surface area contributed by atoms with Crippen molar-refractivity contribution in [2.45, 2.75) is 88.5 Å². The molecule has 5 rings (SSSR count). The summed E-state index contributed by atoms with van der Waals surface area (Å²) in [6, 6.07) is 14.6. The van der Waals surface area contributed by atoms with Crippen LogP contribution in [0.15, 0.2) is 107 Å². The van der Waals surface area contributed by atoms with Crippen LogP contribution in [-0.4, -0.2) is 66.2 Å². The van der Waals surface area contributed by atoms with E-state index in [2.05, 4.69) is 19.2 Å². The van der Waals surface area contributed by atoms with Crippen LogP contribution in [0.3, 0.4) is 0 Å². The number of aliphatic carboxylic acids is 3. The topological polar surface area (TPSA) is 213 Å². The van der Waals surface area contributed by atoms with Crippen LogP contribution < -0.4 is 144 Å². The smallest absolute Gasteiger partial charge is 0.744 e. The summed E-state index contributed by atoms with van der Waals surface area (Å²) in [5, 5.41) is 37.9. The molecule has 2 aliphatic rings. The molecule has 306 valence electrons. The van der Waals surface area contributed by atoms with Crippen molar-refractivity contribution in [3.8, 4) is 0 Å². The standard InChI is InChI=1S/C44H49N3O10S.4Na/c1-28(12-10-16-36-43(2,3)32-26-30(58(55,56)57)20-22-34(32)46(36)24-9-8-18-39(49)50)13-11-17-37-44(4,5)41-31-15-7-6-14-29(31)19-21-35(41)47(37)25-23-38(48)45-33(42(53)54)27-40(51)52;;;;/h6-7,10-17,19-22,26,33H,8-9,18,23-25,27H2,1-5H3,(H4-,45,48,49,50,51,52,53,54,55,56,57);;;;/q;4*+1/p-3. The van der Waals surface area contributed by atoms with Crippen LogP contribution in [-0.2, 0) is 40.1 Å². The number of allylic oxidation sites excluding steroid dienone is 8. The van der Waals surface area contributed by atoms with Gasteiger partial charge in [-0.05, 0) is 86.7 Å². The van der Waals surface area contributed by atoms with Crippen molar-refractivity contribution in [3.63, 3.8) is 0 Å². The Balaban J connectivity index is 0.00000480. The van der Waals surface area contributed by atoms with Gasteiger partial charge in [0.05, 0.1) is 28.7 Å². The monoisotopic (exact) mass is 900 g/mol. The summed E-state index contributed by atoms with van der Waals surface area (Å²) in [6.07, 6.45) is 11.3. The molecule has 13 nitrogen and oxygen atoms in total. The molecule has 1 N–H and O–H groups in total. The Bertz CT molecular complexity index is 2440. The molecular formula is C44H46N3Na4O10S+. The molecule has 0 bridgehead atoms. The molecule has 62 heavy (non-hydrogen) atoms. The number of fused-ring (bicyclic) bond motifs is 4. The third-order valence-corrected chi connectivity index (χ3v) is 11.5. The van der Waals surface area contributed by atoms with E-state index in [0.717, 1.165) is 44.7 Å². The van der Waals surface area contributed by atoms with E-state index in [9.17, 15) is 47.5 Å². The summed E-state index contributed by atoms with van der Waals surface area (Å²) in [5.74, 6) is -5.12. The number of rotatable bonds is 17. The van der Waals surface area contributed by atoms with Crippen LogP contribution in [0.1, 0.15) is 77.8 Å². The largest absolute Gasteiger partial charge is 1.00 e. The number of anilines is 1. The van der Waals surface area contributed by atoms with Gasteiger partial charge in [0.2, 0.25) is 11.6 Å². The number of benzene rings is 3. The first kappa shape index (κ1) is 58.2. The second-order valence-electron chi connectivity index (χ2n) is 15.5. The van der Waals surface area contributed by atoms with Gasteiger partial charge in [-0.2, -0.15) is 4.58 Å². The van der Waals surface area contributed by atoms with E-state index in [1.165, 1.54) is 12.1 Å². The van der Waals surface area contributed by atoms with Gasteiger partial charge in [-0.15, -0.1) is 0 Å². The predicted octanol–water partition coefficient (Wildman–Crippen LogP) is -9.44. The molecule has 1 amide bonds. The Hall–Kier alpha value is -1.86. The molecular weight excluding hydrogens is 855 g/mol. The molecule has 1 atom stereocenters. The second kappa shape index (κ2) is 24.6. The predicted molar refractivity (Wildman–Crippen MR) is 212 cm³/mol. The molecule has 3 aromatic carbocycles. The Morgan fingerprint density at radius 1 is 0.855 bits per heavy atom. The quantitative estimate of drug-likeness (QED) is 0.0442. The van der Waals surface area contributed by atoms with Gasteiger partial charge < -0.3 is 44.5 Å². The molecule has 2 aliphatic heterocycles. The first-order chi connectivity index (χ1) is 27.2. The van der Waals surface area contributed by atoms with Crippen molar-refractivity contribution in [1.82, 2.24) is 5.32 Å². The molecule has 3 aromatic rings. The molecule has 0 aliphatic carbocycles. The molecule has 2 heterocycles. The first-order valence-electron chi connectivity index (χ1n) is 18.9. The van der Waals surface area contributed by atoms with Crippen LogP contribution in [0.25, 0.3) is 10.8 Å². The van der Waals surface area contributed by atoms with Gasteiger partial charge in [-0.1, -0.05) is 68.0 Å². The van der Waals surface area contributed by atoms with Crippen LogP contribution >= 0.6 is 0 Å². The van der Waals surface area contributed by atoms with Crippen molar-refractivity contribution >= 4 is 61.8 Å². The van der Waals surface area contributed by atoms with E-state index in [-0.39, 0.29) is 143 Å². The number of nitrogens with zero attached hydrogens (tertiary/aromatic N) is 2. The molecule has 0 saturated carbocycles. The summed E-state index contributed by atoms with van der Waals surface area (Å²) >= 11 is 0. The van der Waals surface area contributed by atoms with Crippen molar-refractivity contribution in [1.29, 1.82) is 0 Å². The first-order valence-corrected chi connectivity index (χ1v) is 20.3. The van der Waals surface area contributed by atoms with Crippen LogP contribution in [0, 0.1) is 0 Å². The van der Waals surface area contributed by atoms with E-state index in [0.29, 0.717) is 24.9 Å². The van der Waals surface area contributed by atoms with E-state index in [1.54, 1.807) is 6.07 Å². The molecule has 18 heteroatoms. The second-order valence-corrected chi connectivity index (χ2v) is 16.9. The zero-order valence-corrected chi connectivity index (χ0v) is 45.9. The van der Waals surface area contributed by atoms with Crippen molar-refractivity contribution in [3.05, 3.63) is 113 Å². The van der Waals surface area contributed by atoms with Crippen molar-refractivity contribution < 1.29 is 170 Å². The van der Waals surface area contributed by atoms with E-state index in [1.807, 2.05) is 103 Å². The van der Waals surface area contributed by atoms with Gasteiger partial charge >= 0.3 is 118 Å². The minimum Gasteiger partial charge on any atom is -0.744 e. The Morgan fingerprint density at radius 3 is 2.16 bits per heavy atom. The summed E-state index contributed by atoms with van der Waals surface area (Å²) < 4.78 is 37.7. The number of unbranched alkanes of at least 4 members (excludes halogenated alkanes) is 1. The molecule has 0 fully saturated rings. The van der Waals surface area contributed by atoms with Crippen molar-refractivity contribution in [2.75, 3.05) is 18.0 Å². The van der Waals surface area contributed by atoms with E-state index in [4.69, 9.17) is 0 Å². The normalized spacial score (nSPS) is 16.2. The number of amides is 1. The van der Waals surface area contributed by atoms with E-state index >= 15 is 0 Å². The third kappa shape index (κ3) is 13.8. The zero-order valence-electron chi connectivity index (χ0n) is 37.1. The fraction of sp³-hybridized carbons (Fsp3) is 0.341. The van der Waals surface area contributed by atoms with Crippen LogP contribution in [0.4, 0.5) is 11.4 Å². The Morgan fingerprint density at radius 2 is 1.53 bits per heavy atom. The fourth-order valence-electron chi connectivity index (χ4n) is 7.84. The van der Waals surface area contributed by atoms with Gasteiger partial charge in [-0.3, -0.25) is 4.79 Å². The number of carbonyl (C=O) groups excluding carboxylic acids is 4. The van der Waals surface area contributed by atoms with Gasteiger partial charge in [-0.25, -0.2) is 8.42 Å². The Kier molecular flexibility index (Phi) is 23.1. The molecule has 0 spiro atoms. The summed E-state index contributed by atoms with van der Waals surface area (Å²) in [4.78, 5) is 48.1. The minimum atomic E-state index is -4.69. The fourth-order valence-corrected chi connectivity index (χ4v) is 8.34. The maximum atomic E-state index is 12.9. The SMILES string of the molecule is CC(/C=C/C=C1/N(CCCCC(=O)[O-])c2ccc(S(=O)(=O)[O-])cc2C1(C)C)=C\C=C\C1=[N+](CCC(=O)NC(CC(=O)[O-])C(=O)[O-])c2ccc3ccccc3c2C1(C)C.[Na+].[Na+].[Na+].[Na+]. The number of carboxylic acids is 3. The van der Waals surface area contributed by atoms with Crippen LogP contribution in [0.2, 0.25) is 0 Å². The summed E-state index contributed by atoms with van der Waals surface area (Å²) in [5.41, 5.74) is 4.76. The summed E-state index contributed by atoms with van der Waals surface area (Å²) in [7, 11) is -4.69. The number of carboxylic acid groups (broad SMARTS) is 3. The van der Waals surface area contributed by atoms with Gasteiger partial charge in [0, 0.05) is 59.4 Å². The average molecular weight is 901 g/mol. The van der Waals surface area contributed by atoms with Gasteiger partial charge in [0.1, 0.15) is 10.1 Å². The maximum absolute atomic E-state index is 12.9.